The van der Waals surface area contributed by atoms with Gasteiger partial charge in [0.1, 0.15) is 23.1 Å². The van der Waals surface area contributed by atoms with E-state index in [-0.39, 0.29) is 17.1 Å². The summed E-state index contributed by atoms with van der Waals surface area (Å²) in [7, 11) is 0. The molecule has 1 spiro atoms. The lowest BCUT2D eigenvalue weighted by Gasteiger charge is -2.44. The van der Waals surface area contributed by atoms with Crippen LogP contribution in [-0.2, 0) is 6.54 Å². The van der Waals surface area contributed by atoms with Crippen molar-refractivity contribution in [1.29, 1.82) is 0 Å². The van der Waals surface area contributed by atoms with Gasteiger partial charge in [0.05, 0.1) is 12.2 Å². The normalized spacial score (nSPS) is 20.5. The second-order valence-corrected chi connectivity index (χ2v) is 9.31. The summed E-state index contributed by atoms with van der Waals surface area (Å²) in [6.45, 7) is 0.321. The monoisotopic (exact) mass is 481 g/mol. The molecule has 31 heavy (non-hydrogen) atoms. The molecule has 1 unspecified atom stereocenters. The van der Waals surface area contributed by atoms with E-state index in [4.69, 9.17) is 4.74 Å². The number of nitrogens with zero attached hydrogens (tertiary/aromatic N) is 3. The maximum atomic E-state index is 13.6. The number of aromatic hydroxyl groups is 1. The predicted octanol–water partition coefficient (Wildman–Crippen LogP) is 3.50. The van der Waals surface area contributed by atoms with Gasteiger partial charge in [0.25, 0.3) is 0 Å². The zero-order valence-corrected chi connectivity index (χ0v) is 18.2. The number of phenolic OH excluding ortho intramolecular Hbond substituents is 1. The van der Waals surface area contributed by atoms with Gasteiger partial charge < -0.3 is 9.84 Å². The zero-order valence-electron chi connectivity index (χ0n) is 16.6. The number of phenols is 1. The van der Waals surface area contributed by atoms with Crippen LogP contribution >= 0.6 is 15.9 Å². The number of hydrogen-bond acceptors (Lipinski definition) is 4. The predicted molar refractivity (Wildman–Crippen MR) is 118 cm³/mol. The average molecular weight is 482 g/mol. The molecule has 1 fully saturated rings. The van der Waals surface area contributed by atoms with Crippen LogP contribution in [-0.4, -0.2) is 24.6 Å². The van der Waals surface area contributed by atoms with Crippen molar-refractivity contribution in [2.75, 3.05) is 0 Å². The lowest BCUT2D eigenvalue weighted by molar-refractivity contribution is 0.0831. The Balaban J connectivity index is 1.61. The molecule has 158 valence electrons. The van der Waals surface area contributed by atoms with Gasteiger partial charge in [0, 0.05) is 21.7 Å². The molecule has 0 bridgehead atoms. The summed E-state index contributed by atoms with van der Waals surface area (Å²) < 4.78 is 11.6. The van der Waals surface area contributed by atoms with Crippen molar-refractivity contribution >= 4 is 15.9 Å². The van der Waals surface area contributed by atoms with Crippen molar-refractivity contribution in [2.24, 2.45) is 0 Å². The molecule has 1 atom stereocenters. The van der Waals surface area contributed by atoms with Crippen molar-refractivity contribution in [1.82, 2.24) is 13.9 Å². The first kappa shape index (κ1) is 18.7. The summed E-state index contributed by atoms with van der Waals surface area (Å²) in [5, 5.41) is 10.1. The molecule has 3 heterocycles. The van der Waals surface area contributed by atoms with Crippen molar-refractivity contribution in [3.05, 3.63) is 85.1 Å². The highest BCUT2D eigenvalue weighted by Gasteiger charge is 2.50. The molecule has 1 saturated carbocycles. The standard InChI is InChI=1S/C23H20BrN3O4/c24-14-3-5-15(6-4-14)26-21(29)25-12-9-18-20(27(25)22(26)30)17-8-7-16(28)13-19(17)31-23(18)10-1-2-11-23/h3-9,13,20,28H,1-2,10-12H2. The third kappa shape index (κ3) is 2.57. The molecule has 1 aromatic heterocycles. The molecule has 7 nitrogen and oxygen atoms in total. The minimum absolute atomic E-state index is 0.118. The quantitative estimate of drug-likeness (QED) is 0.539. The Labute approximate surface area is 185 Å². The number of aromatic nitrogens is 3. The molecular formula is C23H20BrN3O4. The van der Waals surface area contributed by atoms with Crippen LogP contribution in [0.1, 0.15) is 37.3 Å². The van der Waals surface area contributed by atoms with E-state index in [1.165, 1.54) is 9.25 Å². The minimum atomic E-state index is -0.494. The number of allylic oxidation sites excluding steroid dienone is 1. The summed E-state index contributed by atoms with van der Waals surface area (Å²) >= 11 is 3.40. The van der Waals surface area contributed by atoms with Crippen molar-refractivity contribution in [3.63, 3.8) is 0 Å². The molecule has 3 aromatic rings. The molecule has 0 radical (unpaired) electrons. The Kier molecular flexibility index (Phi) is 3.93. The third-order valence-corrected chi connectivity index (χ3v) is 7.23. The molecule has 0 amide bonds. The van der Waals surface area contributed by atoms with E-state index < -0.39 is 11.6 Å². The van der Waals surface area contributed by atoms with Crippen LogP contribution in [0.3, 0.4) is 0 Å². The fourth-order valence-electron chi connectivity index (χ4n) is 5.33. The van der Waals surface area contributed by atoms with Crippen LogP contribution in [0.4, 0.5) is 0 Å². The fourth-order valence-corrected chi connectivity index (χ4v) is 5.59. The van der Waals surface area contributed by atoms with E-state index in [0.717, 1.165) is 41.3 Å². The SMILES string of the molecule is O=c1n(-c2ccc(Br)cc2)c(=O)n2n1CC=C1C2c2ccc(O)cc2OC12CCCC2. The van der Waals surface area contributed by atoms with Crippen LogP contribution in [0, 0.1) is 0 Å². The Morgan fingerprint density at radius 2 is 1.77 bits per heavy atom. The van der Waals surface area contributed by atoms with Gasteiger partial charge in [-0.2, -0.15) is 0 Å². The Morgan fingerprint density at radius 1 is 1.03 bits per heavy atom. The molecule has 0 saturated heterocycles. The van der Waals surface area contributed by atoms with E-state index in [1.54, 1.807) is 35.0 Å². The van der Waals surface area contributed by atoms with Crippen LogP contribution in [0.15, 0.2) is 68.2 Å². The van der Waals surface area contributed by atoms with Gasteiger partial charge in [-0.05, 0) is 62.1 Å². The fraction of sp³-hybridized carbons (Fsp3) is 0.304. The van der Waals surface area contributed by atoms with E-state index >= 15 is 0 Å². The maximum Gasteiger partial charge on any atom is 0.352 e. The van der Waals surface area contributed by atoms with E-state index in [0.29, 0.717) is 18.0 Å². The Bertz CT molecular complexity index is 1360. The average Bonchev–Trinajstić information content (AvgIpc) is 3.32. The van der Waals surface area contributed by atoms with Gasteiger partial charge in [-0.1, -0.05) is 22.0 Å². The maximum absolute atomic E-state index is 13.6. The highest BCUT2D eigenvalue weighted by atomic mass is 79.9. The van der Waals surface area contributed by atoms with E-state index in [1.807, 2.05) is 12.1 Å². The van der Waals surface area contributed by atoms with E-state index in [9.17, 15) is 14.7 Å². The summed E-state index contributed by atoms with van der Waals surface area (Å²) in [5.41, 5.74) is 1.12. The van der Waals surface area contributed by atoms with Gasteiger partial charge in [-0.15, -0.1) is 0 Å². The number of rotatable bonds is 1. The first-order valence-corrected chi connectivity index (χ1v) is 11.2. The molecule has 8 heteroatoms. The van der Waals surface area contributed by atoms with Gasteiger partial charge >= 0.3 is 11.4 Å². The highest BCUT2D eigenvalue weighted by molar-refractivity contribution is 9.10. The topological polar surface area (TPSA) is 78.4 Å². The number of fused-ring (bicyclic) bond motifs is 6. The van der Waals surface area contributed by atoms with Crippen LogP contribution in [0.5, 0.6) is 11.5 Å². The first-order valence-electron chi connectivity index (χ1n) is 10.4. The lowest BCUT2D eigenvalue weighted by atomic mass is 9.79. The largest absolute Gasteiger partial charge is 0.508 e. The summed E-state index contributed by atoms with van der Waals surface area (Å²) in [6, 6.07) is 11.7. The third-order valence-electron chi connectivity index (χ3n) is 6.70. The Hall–Kier alpha value is -3.00. The highest BCUT2D eigenvalue weighted by Crippen LogP contribution is 2.52. The molecule has 1 aliphatic carbocycles. The van der Waals surface area contributed by atoms with Gasteiger partial charge in [0.2, 0.25) is 0 Å². The summed E-state index contributed by atoms with van der Waals surface area (Å²) in [6.07, 6.45) is 5.85. The van der Waals surface area contributed by atoms with Crippen LogP contribution < -0.4 is 16.1 Å². The van der Waals surface area contributed by atoms with Crippen molar-refractivity contribution < 1.29 is 9.84 Å². The second-order valence-electron chi connectivity index (χ2n) is 8.39. The van der Waals surface area contributed by atoms with Crippen LogP contribution in [0.2, 0.25) is 0 Å². The zero-order chi connectivity index (χ0) is 21.3. The molecule has 6 rings (SSSR count). The van der Waals surface area contributed by atoms with Crippen molar-refractivity contribution in [3.8, 4) is 17.2 Å². The molecule has 3 aliphatic rings. The molecular weight excluding hydrogens is 462 g/mol. The Morgan fingerprint density at radius 3 is 2.52 bits per heavy atom. The van der Waals surface area contributed by atoms with Gasteiger partial charge in [-0.25, -0.2) is 23.5 Å². The number of ether oxygens (including phenoxy) is 1. The van der Waals surface area contributed by atoms with Crippen LogP contribution in [0.25, 0.3) is 5.69 Å². The molecule has 1 N–H and O–H groups in total. The summed E-state index contributed by atoms with van der Waals surface area (Å²) in [5.74, 6) is 0.695. The number of hydrogen-bond donors (Lipinski definition) is 1. The first-order chi connectivity index (χ1) is 15.0. The minimum Gasteiger partial charge on any atom is -0.508 e. The summed E-state index contributed by atoms with van der Waals surface area (Å²) in [4.78, 5) is 26.9. The molecule has 2 aromatic carbocycles. The number of halogens is 1. The molecule has 2 aliphatic heterocycles. The second kappa shape index (κ2) is 6.50. The van der Waals surface area contributed by atoms with Crippen molar-refractivity contribution in [2.45, 2.75) is 43.9 Å². The van der Waals surface area contributed by atoms with E-state index in [2.05, 4.69) is 22.0 Å². The lowest BCUT2D eigenvalue weighted by Crippen LogP contribution is -2.48. The van der Waals surface area contributed by atoms with Gasteiger partial charge in [0.15, 0.2) is 0 Å². The number of benzene rings is 2. The van der Waals surface area contributed by atoms with Gasteiger partial charge in [-0.3, -0.25) is 0 Å². The smallest absolute Gasteiger partial charge is 0.352 e.